The SMILES string of the molecule is NCC(OCCO)c1c(F)cccc1F. The van der Waals surface area contributed by atoms with E-state index in [0.717, 1.165) is 12.1 Å². The maximum absolute atomic E-state index is 13.3. The quantitative estimate of drug-likeness (QED) is 0.772. The maximum Gasteiger partial charge on any atom is 0.132 e. The highest BCUT2D eigenvalue weighted by Crippen LogP contribution is 2.22. The van der Waals surface area contributed by atoms with Gasteiger partial charge >= 0.3 is 0 Å². The van der Waals surface area contributed by atoms with Gasteiger partial charge in [-0.2, -0.15) is 0 Å². The molecule has 0 spiro atoms. The van der Waals surface area contributed by atoms with Gasteiger partial charge in [0, 0.05) is 6.54 Å². The summed E-state index contributed by atoms with van der Waals surface area (Å²) in [5.41, 5.74) is 5.16. The van der Waals surface area contributed by atoms with Gasteiger partial charge < -0.3 is 15.6 Å². The molecule has 1 rings (SSSR count). The van der Waals surface area contributed by atoms with Crippen molar-refractivity contribution in [1.82, 2.24) is 0 Å². The first-order valence-corrected chi connectivity index (χ1v) is 4.57. The Morgan fingerprint density at radius 1 is 1.33 bits per heavy atom. The van der Waals surface area contributed by atoms with E-state index >= 15 is 0 Å². The average Bonchev–Trinajstić information content (AvgIpc) is 2.22. The number of hydrogen-bond donors (Lipinski definition) is 2. The largest absolute Gasteiger partial charge is 0.394 e. The second kappa shape index (κ2) is 5.75. The van der Waals surface area contributed by atoms with E-state index in [-0.39, 0.29) is 25.3 Å². The van der Waals surface area contributed by atoms with Gasteiger partial charge in [0.15, 0.2) is 0 Å². The van der Waals surface area contributed by atoms with Crippen molar-refractivity contribution in [2.45, 2.75) is 6.10 Å². The first-order chi connectivity index (χ1) is 7.20. The molecule has 0 fully saturated rings. The zero-order valence-electron chi connectivity index (χ0n) is 8.12. The molecular formula is C10H13F2NO2. The molecule has 0 amide bonds. The molecule has 3 nitrogen and oxygen atoms in total. The summed E-state index contributed by atoms with van der Waals surface area (Å²) in [5, 5.41) is 8.54. The molecule has 0 radical (unpaired) electrons. The van der Waals surface area contributed by atoms with E-state index in [1.54, 1.807) is 0 Å². The normalized spacial score (nSPS) is 12.8. The Morgan fingerprint density at radius 2 is 1.93 bits per heavy atom. The number of rotatable bonds is 5. The Kier molecular flexibility index (Phi) is 4.61. The van der Waals surface area contributed by atoms with E-state index in [2.05, 4.69) is 0 Å². The minimum absolute atomic E-state index is 0.00432. The molecular weight excluding hydrogens is 204 g/mol. The van der Waals surface area contributed by atoms with Gasteiger partial charge in [-0.3, -0.25) is 0 Å². The van der Waals surface area contributed by atoms with Crippen LogP contribution in [0.4, 0.5) is 8.78 Å². The highest BCUT2D eigenvalue weighted by atomic mass is 19.1. The average molecular weight is 217 g/mol. The van der Waals surface area contributed by atoms with Gasteiger partial charge in [0.2, 0.25) is 0 Å². The molecule has 3 N–H and O–H groups in total. The van der Waals surface area contributed by atoms with Crippen LogP contribution in [0.2, 0.25) is 0 Å². The van der Waals surface area contributed by atoms with Crippen molar-refractivity contribution >= 4 is 0 Å². The summed E-state index contributed by atoms with van der Waals surface area (Å²) in [6.45, 7) is -0.264. The summed E-state index contributed by atoms with van der Waals surface area (Å²) >= 11 is 0. The van der Waals surface area contributed by atoms with Crippen LogP contribution < -0.4 is 5.73 Å². The summed E-state index contributed by atoms with van der Waals surface area (Å²) in [5.74, 6) is -1.38. The predicted octanol–water partition coefficient (Wildman–Crippen LogP) is 0.973. The van der Waals surface area contributed by atoms with Crippen LogP contribution in [0.25, 0.3) is 0 Å². The molecule has 84 valence electrons. The van der Waals surface area contributed by atoms with Crippen LogP contribution in [0.15, 0.2) is 18.2 Å². The Bertz CT molecular complexity index is 300. The lowest BCUT2D eigenvalue weighted by molar-refractivity contribution is 0.0289. The summed E-state index contributed by atoms with van der Waals surface area (Å²) in [6.07, 6.45) is -0.863. The molecule has 1 unspecified atom stereocenters. The minimum Gasteiger partial charge on any atom is -0.394 e. The summed E-state index contributed by atoms with van der Waals surface area (Å²) in [7, 11) is 0. The van der Waals surface area contributed by atoms with Crippen molar-refractivity contribution in [3.63, 3.8) is 0 Å². The third-order valence-corrected chi connectivity index (χ3v) is 1.95. The first-order valence-electron chi connectivity index (χ1n) is 4.57. The first kappa shape index (κ1) is 12.0. The number of nitrogens with two attached hydrogens (primary N) is 1. The van der Waals surface area contributed by atoms with Crippen molar-refractivity contribution in [2.24, 2.45) is 5.73 Å². The summed E-state index contributed by atoms with van der Waals surface area (Å²) in [6, 6.07) is 3.56. The zero-order chi connectivity index (χ0) is 11.3. The Balaban J connectivity index is 2.90. The second-order valence-corrected chi connectivity index (χ2v) is 2.95. The van der Waals surface area contributed by atoms with E-state index in [0.29, 0.717) is 0 Å². The van der Waals surface area contributed by atoms with Crippen molar-refractivity contribution in [3.05, 3.63) is 35.4 Å². The molecule has 15 heavy (non-hydrogen) atoms. The molecule has 0 aliphatic carbocycles. The molecule has 0 bridgehead atoms. The van der Waals surface area contributed by atoms with Crippen LogP contribution in [-0.2, 0) is 4.74 Å². The summed E-state index contributed by atoms with van der Waals surface area (Å²) < 4.78 is 31.6. The second-order valence-electron chi connectivity index (χ2n) is 2.95. The third-order valence-electron chi connectivity index (χ3n) is 1.95. The van der Waals surface area contributed by atoms with Gasteiger partial charge in [-0.05, 0) is 12.1 Å². The van der Waals surface area contributed by atoms with Crippen LogP contribution in [0.5, 0.6) is 0 Å². The highest BCUT2D eigenvalue weighted by molar-refractivity contribution is 5.22. The van der Waals surface area contributed by atoms with Crippen molar-refractivity contribution in [2.75, 3.05) is 19.8 Å². The molecule has 1 aromatic rings. The fourth-order valence-corrected chi connectivity index (χ4v) is 1.28. The van der Waals surface area contributed by atoms with Crippen molar-refractivity contribution < 1.29 is 18.6 Å². The standard InChI is InChI=1S/C10H13F2NO2/c11-7-2-1-3-8(12)10(7)9(6-13)15-5-4-14/h1-3,9,14H,4-6,13H2. The van der Waals surface area contributed by atoms with Crippen LogP contribution in [0.3, 0.4) is 0 Å². The van der Waals surface area contributed by atoms with Gasteiger partial charge in [0.25, 0.3) is 0 Å². The molecule has 0 aliphatic heterocycles. The molecule has 1 aromatic carbocycles. The Hall–Kier alpha value is -1.04. The van der Waals surface area contributed by atoms with E-state index in [1.165, 1.54) is 6.07 Å². The maximum atomic E-state index is 13.3. The fraction of sp³-hybridized carbons (Fsp3) is 0.400. The molecule has 1 atom stereocenters. The fourth-order valence-electron chi connectivity index (χ4n) is 1.28. The van der Waals surface area contributed by atoms with Gasteiger partial charge in [0.1, 0.15) is 17.7 Å². The Morgan fingerprint density at radius 3 is 2.40 bits per heavy atom. The van der Waals surface area contributed by atoms with E-state index in [9.17, 15) is 8.78 Å². The van der Waals surface area contributed by atoms with Crippen LogP contribution in [0, 0.1) is 11.6 Å². The van der Waals surface area contributed by atoms with Gasteiger partial charge in [-0.1, -0.05) is 6.07 Å². The van der Waals surface area contributed by atoms with E-state index in [4.69, 9.17) is 15.6 Å². The topological polar surface area (TPSA) is 55.5 Å². The molecule has 0 heterocycles. The smallest absolute Gasteiger partial charge is 0.132 e. The number of aliphatic hydroxyl groups is 1. The zero-order valence-corrected chi connectivity index (χ0v) is 8.12. The number of halogens is 2. The van der Waals surface area contributed by atoms with Crippen molar-refractivity contribution in [1.29, 1.82) is 0 Å². The van der Waals surface area contributed by atoms with Gasteiger partial charge in [0.05, 0.1) is 18.8 Å². The highest BCUT2D eigenvalue weighted by Gasteiger charge is 2.18. The van der Waals surface area contributed by atoms with E-state index < -0.39 is 17.7 Å². The van der Waals surface area contributed by atoms with Crippen LogP contribution in [0.1, 0.15) is 11.7 Å². The Labute approximate surface area is 86.5 Å². The molecule has 0 aliphatic rings. The van der Waals surface area contributed by atoms with Crippen LogP contribution in [-0.4, -0.2) is 24.9 Å². The number of ether oxygens (including phenoxy) is 1. The lowest BCUT2D eigenvalue weighted by Crippen LogP contribution is -2.20. The predicted molar refractivity (Wildman–Crippen MR) is 51.2 cm³/mol. The number of hydrogen-bond acceptors (Lipinski definition) is 3. The van der Waals surface area contributed by atoms with Crippen molar-refractivity contribution in [3.8, 4) is 0 Å². The monoisotopic (exact) mass is 217 g/mol. The van der Waals surface area contributed by atoms with Crippen LogP contribution >= 0.6 is 0 Å². The number of benzene rings is 1. The molecule has 0 saturated heterocycles. The minimum atomic E-state index is -0.863. The van der Waals surface area contributed by atoms with Gasteiger partial charge in [-0.25, -0.2) is 8.78 Å². The number of aliphatic hydroxyl groups excluding tert-OH is 1. The third kappa shape index (κ3) is 2.95. The lowest BCUT2D eigenvalue weighted by Gasteiger charge is -2.16. The van der Waals surface area contributed by atoms with Gasteiger partial charge in [-0.15, -0.1) is 0 Å². The molecule has 0 aromatic heterocycles. The lowest BCUT2D eigenvalue weighted by atomic mass is 10.1. The molecule has 5 heteroatoms. The molecule has 0 saturated carbocycles. The summed E-state index contributed by atoms with van der Waals surface area (Å²) in [4.78, 5) is 0. The van der Waals surface area contributed by atoms with E-state index in [1.807, 2.05) is 0 Å².